The van der Waals surface area contributed by atoms with Crippen LogP contribution in [0, 0.1) is 5.92 Å². The van der Waals surface area contributed by atoms with Gasteiger partial charge < -0.3 is 19.5 Å². The van der Waals surface area contributed by atoms with Gasteiger partial charge in [-0.05, 0) is 55.6 Å². The largest absolute Gasteiger partial charge is 0.508 e. The van der Waals surface area contributed by atoms with Gasteiger partial charge in [-0.2, -0.15) is 0 Å². The second-order valence-electron chi connectivity index (χ2n) is 10.3. The average Bonchev–Trinajstić information content (AvgIpc) is 2.61. The SMILES string of the molecule is C[C@@H](O[Si](C)(C)C(C)(C)C)[C@H]1C(=O)N2CC[C@@H]3C(=CCc4c(O)ccc(O)c43)[C@H]12. The van der Waals surface area contributed by atoms with Crippen molar-refractivity contribution in [2.75, 3.05) is 6.54 Å². The summed E-state index contributed by atoms with van der Waals surface area (Å²) in [6, 6.07) is 3.18. The Morgan fingerprint density at radius 1 is 1.21 bits per heavy atom. The van der Waals surface area contributed by atoms with Crippen molar-refractivity contribution in [1.29, 1.82) is 0 Å². The Labute approximate surface area is 174 Å². The molecule has 29 heavy (non-hydrogen) atoms. The quantitative estimate of drug-likeness (QED) is 0.334. The molecule has 158 valence electrons. The fourth-order valence-corrected chi connectivity index (χ4v) is 6.49. The van der Waals surface area contributed by atoms with Crippen LogP contribution in [0.4, 0.5) is 0 Å². The minimum Gasteiger partial charge on any atom is -0.508 e. The summed E-state index contributed by atoms with van der Waals surface area (Å²) in [5.74, 6) is 0.564. The third kappa shape index (κ3) is 3.03. The molecule has 2 aliphatic heterocycles. The molecule has 6 heteroatoms. The van der Waals surface area contributed by atoms with Crippen molar-refractivity contribution < 1.29 is 19.4 Å². The van der Waals surface area contributed by atoms with Gasteiger partial charge >= 0.3 is 0 Å². The van der Waals surface area contributed by atoms with Gasteiger partial charge in [-0.25, -0.2) is 0 Å². The van der Waals surface area contributed by atoms with E-state index in [1.807, 2.05) is 11.8 Å². The van der Waals surface area contributed by atoms with Crippen molar-refractivity contribution in [3.8, 4) is 11.5 Å². The molecule has 1 amide bonds. The molecule has 3 aliphatic rings. The van der Waals surface area contributed by atoms with Crippen molar-refractivity contribution >= 4 is 14.2 Å². The molecular weight excluding hydrogens is 382 g/mol. The molecule has 5 nitrogen and oxygen atoms in total. The Hall–Kier alpha value is -1.79. The summed E-state index contributed by atoms with van der Waals surface area (Å²) in [5.41, 5.74) is 2.87. The predicted molar refractivity (Wildman–Crippen MR) is 116 cm³/mol. The summed E-state index contributed by atoms with van der Waals surface area (Å²) in [7, 11) is -1.98. The Morgan fingerprint density at radius 2 is 1.86 bits per heavy atom. The zero-order valence-corrected chi connectivity index (χ0v) is 19.3. The van der Waals surface area contributed by atoms with Gasteiger partial charge in [0.25, 0.3) is 0 Å². The van der Waals surface area contributed by atoms with E-state index in [1.165, 1.54) is 5.57 Å². The summed E-state index contributed by atoms with van der Waals surface area (Å²) in [4.78, 5) is 14.9. The highest BCUT2D eigenvalue weighted by Gasteiger charge is 2.57. The maximum atomic E-state index is 13.0. The third-order valence-corrected chi connectivity index (χ3v) is 12.2. The van der Waals surface area contributed by atoms with Crippen molar-refractivity contribution in [3.05, 3.63) is 34.9 Å². The molecule has 2 heterocycles. The van der Waals surface area contributed by atoms with Gasteiger partial charge in [-0.3, -0.25) is 4.79 Å². The van der Waals surface area contributed by atoms with Gasteiger partial charge in [0.05, 0.1) is 18.1 Å². The first-order valence-electron chi connectivity index (χ1n) is 10.7. The molecule has 2 saturated heterocycles. The number of amides is 1. The van der Waals surface area contributed by atoms with Crippen LogP contribution in [0.25, 0.3) is 0 Å². The number of allylic oxidation sites excluding steroid dienone is 1. The average molecular weight is 416 g/mol. The number of hydrogen-bond donors (Lipinski definition) is 2. The lowest BCUT2D eigenvalue weighted by molar-refractivity contribution is -0.162. The van der Waals surface area contributed by atoms with Gasteiger partial charge in [0.2, 0.25) is 5.91 Å². The van der Waals surface area contributed by atoms with Crippen molar-refractivity contribution in [1.82, 2.24) is 4.90 Å². The number of phenolic OH excluding ortho intramolecular Hbond substituents is 2. The molecule has 1 aromatic carbocycles. The first kappa shape index (κ1) is 20.5. The molecule has 1 aliphatic carbocycles. The van der Waals surface area contributed by atoms with Crippen LogP contribution in [0.15, 0.2) is 23.8 Å². The fourth-order valence-electron chi connectivity index (χ4n) is 5.06. The van der Waals surface area contributed by atoms with Gasteiger partial charge in [0.1, 0.15) is 11.5 Å². The highest BCUT2D eigenvalue weighted by atomic mass is 28.4. The van der Waals surface area contributed by atoms with Crippen LogP contribution in [-0.2, 0) is 15.6 Å². The topological polar surface area (TPSA) is 70.0 Å². The molecule has 0 spiro atoms. The number of aromatic hydroxyl groups is 2. The minimum atomic E-state index is -1.98. The van der Waals surface area contributed by atoms with Crippen LogP contribution in [0.1, 0.15) is 51.2 Å². The van der Waals surface area contributed by atoms with Crippen LogP contribution < -0.4 is 0 Å². The fraction of sp³-hybridized carbons (Fsp3) is 0.609. The number of carbonyl (C=O) groups excluding carboxylic acids is 1. The van der Waals surface area contributed by atoms with E-state index in [-0.39, 0.29) is 46.4 Å². The Balaban J connectivity index is 1.63. The van der Waals surface area contributed by atoms with Crippen molar-refractivity contribution in [2.45, 2.75) is 76.7 Å². The lowest BCUT2D eigenvalue weighted by Gasteiger charge is -2.56. The molecule has 0 aromatic heterocycles. The highest BCUT2D eigenvalue weighted by Crippen LogP contribution is 2.52. The van der Waals surface area contributed by atoms with E-state index in [1.54, 1.807) is 12.1 Å². The normalized spacial score (nSPS) is 27.4. The van der Waals surface area contributed by atoms with E-state index >= 15 is 0 Å². The molecule has 0 bridgehead atoms. The highest BCUT2D eigenvalue weighted by molar-refractivity contribution is 6.74. The number of carbonyl (C=O) groups is 1. The summed E-state index contributed by atoms with van der Waals surface area (Å²) in [5, 5.41) is 20.9. The number of fused-ring (bicyclic) bond motifs is 5. The predicted octanol–water partition coefficient (Wildman–Crippen LogP) is 4.30. The number of hydrogen-bond acceptors (Lipinski definition) is 4. The van der Waals surface area contributed by atoms with Crippen LogP contribution in [0.5, 0.6) is 11.5 Å². The summed E-state index contributed by atoms with van der Waals surface area (Å²) < 4.78 is 6.59. The Bertz CT molecular complexity index is 886. The van der Waals surface area contributed by atoms with E-state index in [9.17, 15) is 15.0 Å². The molecule has 0 radical (unpaired) electrons. The molecule has 2 fully saturated rings. The van der Waals surface area contributed by atoms with Crippen LogP contribution in [-0.4, -0.2) is 48.0 Å². The zero-order valence-electron chi connectivity index (χ0n) is 18.3. The van der Waals surface area contributed by atoms with Crippen molar-refractivity contribution in [3.63, 3.8) is 0 Å². The summed E-state index contributed by atoms with van der Waals surface area (Å²) in [6.07, 6.45) is 3.40. The number of phenols is 2. The standard InChI is InChI=1S/C23H33NO4Si/c1-13(28-29(5,6)23(2,3)4)19-21-15-7-8-16-17(25)9-10-18(26)20(16)14(15)11-12-24(21)22(19)27/h7,9-10,13-14,19,21,25-26H,8,11-12H2,1-6H3/t13-,14-,19-,21-/m1/s1. The second kappa shape index (κ2) is 6.61. The number of rotatable bonds is 3. The monoisotopic (exact) mass is 415 g/mol. The van der Waals surface area contributed by atoms with Crippen molar-refractivity contribution in [2.24, 2.45) is 5.92 Å². The van der Waals surface area contributed by atoms with E-state index in [4.69, 9.17) is 4.43 Å². The van der Waals surface area contributed by atoms with E-state index in [0.29, 0.717) is 13.0 Å². The molecule has 1 aromatic rings. The van der Waals surface area contributed by atoms with Crippen LogP contribution in [0.3, 0.4) is 0 Å². The van der Waals surface area contributed by atoms with E-state index in [0.717, 1.165) is 17.5 Å². The number of β-lactam (4-membered cyclic amide) rings is 1. The molecule has 0 unspecified atom stereocenters. The minimum absolute atomic E-state index is 0.0379. The van der Waals surface area contributed by atoms with Gasteiger partial charge in [0.15, 0.2) is 8.32 Å². The van der Waals surface area contributed by atoms with E-state index < -0.39 is 8.32 Å². The van der Waals surface area contributed by atoms with Gasteiger partial charge in [0, 0.05) is 23.6 Å². The van der Waals surface area contributed by atoms with Crippen LogP contribution in [0.2, 0.25) is 18.1 Å². The first-order valence-corrected chi connectivity index (χ1v) is 13.6. The Morgan fingerprint density at radius 3 is 2.52 bits per heavy atom. The maximum absolute atomic E-state index is 13.0. The van der Waals surface area contributed by atoms with Gasteiger partial charge in [-0.1, -0.05) is 26.8 Å². The summed E-state index contributed by atoms with van der Waals surface area (Å²) in [6.45, 7) is 13.8. The molecule has 4 atom stereocenters. The molecule has 4 rings (SSSR count). The zero-order chi connectivity index (χ0) is 21.3. The number of nitrogens with zero attached hydrogens (tertiary/aromatic N) is 1. The number of benzene rings is 1. The third-order valence-electron chi connectivity index (χ3n) is 7.64. The van der Waals surface area contributed by atoms with Gasteiger partial charge in [-0.15, -0.1) is 0 Å². The maximum Gasteiger partial charge on any atom is 0.231 e. The molecule has 2 N–H and O–H groups in total. The van der Waals surface area contributed by atoms with Crippen LogP contribution >= 0.6 is 0 Å². The molecule has 0 saturated carbocycles. The Kier molecular flexibility index (Phi) is 4.66. The number of piperidine rings is 1. The lowest BCUT2D eigenvalue weighted by Crippen LogP contribution is -2.68. The smallest absolute Gasteiger partial charge is 0.231 e. The second-order valence-corrected chi connectivity index (χ2v) is 15.1. The molecular formula is C23H33NO4Si. The first-order chi connectivity index (χ1) is 13.4. The lowest BCUT2D eigenvalue weighted by atomic mass is 9.66. The van der Waals surface area contributed by atoms with E-state index in [2.05, 4.69) is 39.9 Å². The summed E-state index contributed by atoms with van der Waals surface area (Å²) >= 11 is 0.